The minimum Gasteiger partial charge on any atom is -0.342 e. The third-order valence-corrected chi connectivity index (χ3v) is 3.84. The average Bonchev–Trinajstić information content (AvgIpc) is 3.27. The second-order valence-corrected chi connectivity index (χ2v) is 5.56. The number of aromatic nitrogens is 2. The predicted molar refractivity (Wildman–Crippen MR) is 82.4 cm³/mol. The fraction of sp³-hybridized carbons (Fsp3) is 0.176. The number of nitrogens with one attached hydrogen (secondary N) is 2. The van der Waals surface area contributed by atoms with E-state index >= 15 is 0 Å². The van der Waals surface area contributed by atoms with Gasteiger partial charge in [-0.05, 0) is 43.2 Å². The Morgan fingerprint density at radius 3 is 2.82 bits per heavy atom. The Labute approximate surface area is 126 Å². The van der Waals surface area contributed by atoms with Crippen LogP contribution >= 0.6 is 0 Å². The molecule has 4 rings (SSSR count). The summed E-state index contributed by atoms with van der Waals surface area (Å²) < 4.78 is 13.6. The number of H-pyrrole nitrogens is 1. The lowest BCUT2D eigenvalue weighted by molar-refractivity contribution is 0.102. The Bertz CT molecular complexity index is 867. The summed E-state index contributed by atoms with van der Waals surface area (Å²) in [7, 11) is 0. The molecule has 0 unspecified atom stereocenters. The van der Waals surface area contributed by atoms with Crippen LogP contribution in [0.4, 0.5) is 10.1 Å². The van der Waals surface area contributed by atoms with Crippen molar-refractivity contribution in [2.45, 2.75) is 18.8 Å². The monoisotopic (exact) mass is 295 g/mol. The molecule has 1 fully saturated rings. The van der Waals surface area contributed by atoms with Crippen LogP contribution in [0.1, 0.15) is 34.9 Å². The summed E-state index contributed by atoms with van der Waals surface area (Å²) in [4.78, 5) is 19.9. The number of carbonyl (C=O) groups is 1. The number of hydrogen-bond donors (Lipinski definition) is 2. The standard InChI is InChI=1S/C17H14FN3O/c18-13-4-2-1-3-12(13)17(22)19-11-7-8-14-15(9-11)21-16(20-14)10-5-6-10/h1-4,7-10H,5-6H2,(H,19,22)(H,20,21). The lowest BCUT2D eigenvalue weighted by atomic mass is 10.2. The highest BCUT2D eigenvalue weighted by Crippen LogP contribution is 2.39. The van der Waals surface area contributed by atoms with Crippen molar-refractivity contribution >= 4 is 22.6 Å². The van der Waals surface area contributed by atoms with Crippen LogP contribution in [0.2, 0.25) is 0 Å². The van der Waals surface area contributed by atoms with Gasteiger partial charge in [0.25, 0.3) is 5.91 Å². The largest absolute Gasteiger partial charge is 0.342 e. The first-order valence-corrected chi connectivity index (χ1v) is 7.26. The normalized spacial score (nSPS) is 14.2. The smallest absolute Gasteiger partial charge is 0.258 e. The van der Waals surface area contributed by atoms with Crippen LogP contribution in [0, 0.1) is 5.82 Å². The van der Waals surface area contributed by atoms with Gasteiger partial charge >= 0.3 is 0 Å². The van der Waals surface area contributed by atoms with E-state index in [-0.39, 0.29) is 5.56 Å². The topological polar surface area (TPSA) is 57.8 Å². The summed E-state index contributed by atoms with van der Waals surface area (Å²) in [5.74, 6) is 0.564. The Morgan fingerprint density at radius 2 is 2.05 bits per heavy atom. The van der Waals surface area contributed by atoms with Gasteiger partial charge in [-0.1, -0.05) is 12.1 Å². The fourth-order valence-electron chi connectivity index (χ4n) is 2.50. The molecule has 0 radical (unpaired) electrons. The number of carbonyl (C=O) groups excluding carboxylic acids is 1. The quantitative estimate of drug-likeness (QED) is 0.771. The van der Waals surface area contributed by atoms with Crippen molar-refractivity contribution < 1.29 is 9.18 Å². The van der Waals surface area contributed by atoms with E-state index in [0.29, 0.717) is 11.6 Å². The molecule has 0 saturated heterocycles. The van der Waals surface area contributed by atoms with Gasteiger partial charge in [-0.2, -0.15) is 0 Å². The first-order valence-electron chi connectivity index (χ1n) is 7.26. The summed E-state index contributed by atoms with van der Waals surface area (Å²) in [6, 6.07) is 11.4. The highest BCUT2D eigenvalue weighted by molar-refractivity contribution is 6.05. The number of nitrogens with zero attached hydrogens (tertiary/aromatic N) is 1. The minimum absolute atomic E-state index is 0.0332. The maximum absolute atomic E-state index is 13.6. The lowest BCUT2D eigenvalue weighted by Crippen LogP contribution is -2.13. The first-order chi connectivity index (χ1) is 10.7. The van der Waals surface area contributed by atoms with Crippen LogP contribution in [0.5, 0.6) is 0 Å². The number of aromatic amines is 1. The van der Waals surface area contributed by atoms with E-state index in [9.17, 15) is 9.18 Å². The molecule has 1 aromatic heterocycles. The molecule has 1 saturated carbocycles. The molecule has 0 bridgehead atoms. The van der Waals surface area contributed by atoms with E-state index in [1.54, 1.807) is 18.2 Å². The van der Waals surface area contributed by atoms with Gasteiger partial charge in [-0.25, -0.2) is 9.37 Å². The van der Waals surface area contributed by atoms with Crippen molar-refractivity contribution in [3.05, 3.63) is 59.7 Å². The van der Waals surface area contributed by atoms with E-state index in [2.05, 4.69) is 15.3 Å². The SMILES string of the molecule is O=C(Nc1ccc2nc(C3CC3)[nH]c2c1)c1ccccc1F. The number of halogens is 1. The molecule has 4 nitrogen and oxygen atoms in total. The molecule has 1 aliphatic carbocycles. The minimum atomic E-state index is -0.529. The van der Waals surface area contributed by atoms with Crippen molar-refractivity contribution in [3.8, 4) is 0 Å². The molecule has 2 aromatic carbocycles. The Kier molecular flexibility index (Phi) is 2.92. The fourth-order valence-corrected chi connectivity index (χ4v) is 2.50. The Balaban J connectivity index is 1.61. The lowest BCUT2D eigenvalue weighted by Gasteiger charge is -2.05. The van der Waals surface area contributed by atoms with Gasteiger partial charge in [-0.3, -0.25) is 4.79 Å². The molecule has 1 heterocycles. The summed E-state index contributed by atoms with van der Waals surface area (Å²) in [6.45, 7) is 0. The third-order valence-electron chi connectivity index (χ3n) is 3.84. The van der Waals surface area contributed by atoms with Crippen LogP contribution in [0.25, 0.3) is 11.0 Å². The van der Waals surface area contributed by atoms with E-state index in [1.165, 1.54) is 25.0 Å². The van der Waals surface area contributed by atoms with E-state index < -0.39 is 11.7 Å². The van der Waals surface area contributed by atoms with Crippen molar-refractivity contribution in [3.63, 3.8) is 0 Å². The summed E-state index contributed by atoms with van der Waals surface area (Å²) >= 11 is 0. The molecular formula is C17H14FN3O. The molecule has 3 aromatic rings. The summed E-state index contributed by atoms with van der Waals surface area (Å²) in [6.07, 6.45) is 2.35. The van der Waals surface area contributed by atoms with Gasteiger partial charge in [0.05, 0.1) is 16.6 Å². The van der Waals surface area contributed by atoms with Gasteiger partial charge in [0.2, 0.25) is 0 Å². The molecule has 0 aliphatic heterocycles. The average molecular weight is 295 g/mol. The van der Waals surface area contributed by atoms with E-state index in [1.807, 2.05) is 12.1 Å². The van der Waals surface area contributed by atoms with E-state index in [4.69, 9.17) is 0 Å². The van der Waals surface area contributed by atoms with E-state index in [0.717, 1.165) is 16.9 Å². The molecule has 0 spiro atoms. The molecule has 5 heteroatoms. The Hall–Kier alpha value is -2.69. The van der Waals surface area contributed by atoms with Crippen LogP contribution in [0.15, 0.2) is 42.5 Å². The Morgan fingerprint density at radius 1 is 1.23 bits per heavy atom. The molecule has 1 aliphatic rings. The van der Waals surface area contributed by atoms with Crippen LogP contribution in [-0.4, -0.2) is 15.9 Å². The molecule has 1 amide bonds. The van der Waals surface area contributed by atoms with Crippen molar-refractivity contribution in [1.82, 2.24) is 9.97 Å². The first kappa shape index (κ1) is 13.0. The zero-order valence-electron chi connectivity index (χ0n) is 11.8. The third kappa shape index (κ3) is 2.35. The second-order valence-electron chi connectivity index (χ2n) is 5.56. The molecule has 110 valence electrons. The number of anilines is 1. The van der Waals surface area contributed by atoms with Crippen molar-refractivity contribution in [2.24, 2.45) is 0 Å². The zero-order valence-corrected chi connectivity index (χ0v) is 11.8. The van der Waals surface area contributed by atoms with Crippen molar-refractivity contribution in [1.29, 1.82) is 0 Å². The molecule has 0 atom stereocenters. The van der Waals surface area contributed by atoms with Crippen LogP contribution in [0.3, 0.4) is 0 Å². The van der Waals surface area contributed by atoms with Crippen LogP contribution < -0.4 is 5.32 Å². The van der Waals surface area contributed by atoms with Gasteiger partial charge in [0.1, 0.15) is 11.6 Å². The number of fused-ring (bicyclic) bond motifs is 1. The maximum Gasteiger partial charge on any atom is 0.258 e. The van der Waals surface area contributed by atoms with Crippen LogP contribution in [-0.2, 0) is 0 Å². The number of benzene rings is 2. The molecular weight excluding hydrogens is 281 g/mol. The zero-order chi connectivity index (χ0) is 15.1. The number of rotatable bonds is 3. The number of hydrogen-bond acceptors (Lipinski definition) is 2. The highest BCUT2D eigenvalue weighted by atomic mass is 19.1. The van der Waals surface area contributed by atoms with Crippen molar-refractivity contribution in [2.75, 3.05) is 5.32 Å². The van der Waals surface area contributed by atoms with Gasteiger partial charge in [0, 0.05) is 11.6 Å². The summed E-state index contributed by atoms with van der Waals surface area (Å²) in [5, 5.41) is 2.72. The summed E-state index contributed by atoms with van der Waals surface area (Å²) in [5.41, 5.74) is 2.41. The second kappa shape index (κ2) is 4.94. The molecule has 22 heavy (non-hydrogen) atoms. The predicted octanol–water partition coefficient (Wildman–Crippen LogP) is 3.83. The van der Waals surface area contributed by atoms with Gasteiger partial charge < -0.3 is 10.3 Å². The molecule has 2 N–H and O–H groups in total. The highest BCUT2D eigenvalue weighted by Gasteiger charge is 2.26. The number of imidazole rings is 1. The number of amides is 1. The van der Waals surface area contributed by atoms with Gasteiger partial charge in [-0.15, -0.1) is 0 Å². The van der Waals surface area contributed by atoms with Gasteiger partial charge in [0.15, 0.2) is 0 Å². The maximum atomic E-state index is 13.6.